The molecule has 0 radical (unpaired) electrons. The lowest BCUT2D eigenvalue weighted by molar-refractivity contribution is -0.387. The number of carbonyl (C=O) groups is 1. The molecule has 0 unspecified atom stereocenters. The topological polar surface area (TPSA) is 89.7 Å². The molecule has 0 aliphatic rings. The number of nitro benzene ring substituents is 1. The van der Waals surface area contributed by atoms with Crippen molar-refractivity contribution < 1.29 is 28.3 Å². The summed E-state index contributed by atoms with van der Waals surface area (Å²) in [7, 11) is 0. The molecule has 0 spiro atoms. The molecule has 1 aromatic carbocycles. The van der Waals surface area contributed by atoms with E-state index in [1.54, 1.807) is 0 Å². The van der Waals surface area contributed by atoms with Crippen molar-refractivity contribution in [3.8, 4) is 5.75 Å². The Morgan fingerprint density at radius 1 is 1.53 bits per heavy atom. The van der Waals surface area contributed by atoms with Crippen LogP contribution in [0.3, 0.4) is 0 Å². The zero-order valence-corrected chi connectivity index (χ0v) is 8.52. The van der Waals surface area contributed by atoms with Gasteiger partial charge in [0, 0.05) is 6.07 Å². The summed E-state index contributed by atoms with van der Waals surface area (Å²) in [5.74, 6) is -3.32. The highest BCUT2D eigenvalue weighted by Gasteiger charge is 2.43. The molecular weight excluding hydrogens is 240 g/mol. The van der Waals surface area contributed by atoms with Gasteiger partial charge in [-0.25, -0.2) is 4.79 Å². The molecule has 0 bridgehead atoms. The number of carboxylic acid groups (broad SMARTS) is 1. The van der Waals surface area contributed by atoms with E-state index in [0.29, 0.717) is 5.56 Å². The van der Waals surface area contributed by atoms with Crippen LogP contribution in [0.15, 0.2) is 18.2 Å². The molecule has 0 amide bonds. The van der Waals surface area contributed by atoms with Crippen LogP contribution >= 0.6 is 0 Å². The van der Waals surface area contributed by atoms with Crippen LogP contribution in [-0.4, -0.2) is 22.1 Å². The van der Waals surface area contributed by atoms with Gasteiger partial charge in [0.25, 0.3) is 0 Å². The maximum atomic E-state index is 12.7. The molecule has 0 saturated carbocycles. The highest BCUT2D eigenvalue weighted by Crippen LogP contribution is 2.32. The zero-order chi connectivity index (χ0) is 13.2. The van der Waals surface area contributed by atoms with E-state index >= 15 is 0 Å². The fraction of sp³-hybridized carbons (Fsp3) is 0.222. The van der Waals surface area contributed by atoms with Gasteiger partial charge in [-0.15, -0.1) is 0 Å². The predicted octanol–water partition coefficient (Wildman–Crippen LogP) is 1.96. The number of aryl methyl sites for hydroxylation is 1. The number of hydrogen-bond acceptors (Lipinski definition) is 4. The summed E-state index contributed by atoms with van der Waals surface area (Å²) in [6.45, 7) is 1.52. The number of rotatable bonds is 4. The molecule has 0 aliphatic heterocycles. The van der Waals surface area contributed by atoms with Crippen LogP contribution < -0.4 is 4.74 Å². The van der Waals surface area contributed by atoms with Gasteiger partial charge < -0.3 is 9.84 Å². The molecular formula is C9H7F2NO5. The smallest absolute Gasteiger partial charge is 0.474 e. The molecule has 1 N–H and O–H groups in total. The second-order valence-corrected chi connectivity index (χ2v) is 3.15. The first-order valence-corrected chi connectivity index (χ1v) is 4.29. The van der Waals surface area contributed by atoms with Gasteiger partial charge in [-0.1, -0.05) is 6.07 Å². The average molecular weight is 247 g/mol. The molecule has 17 heavy (non-hydrogen) atoms. The number of hydrogen-bond donors (Lipinski definition) is 1. The second-order valence-electron chi connectivity index (χ2n) is 3.15. The van der Waals surface area contributed by atoms with Crippen molar-refractivity contribution in [2.75, 3.05) is 0 Å². The monoisotopic (exact) mass is 247 g/mol. The molecule has 0 fully saturated rings. The minimum atomic E-state index is -4.51. The standard InChI is InChI=1S/C9H7F2NO5/c1-5-2-3-7(6(4-5)12(15)16)17-9(10,11)8(13)14/h2-4H,1H3,(H,13,14). The van der Waals surface area contributed by atoms with Gasteiger partial charge in [0.1, 0.15) is 0 Å². The van der Waals surface area contributed by atoms with Crippen LogP contribution in [0.2, 0.25) is 0 Å². The lowest BCUT2D eigenvalue weighted by Crippen LogP contribution is -2.35. The molecule has 0 aliphatic carbocycles. The molecule has 0 heterocycles. The normalized spacial score (nSPS) is 11.0. The van der Waals surface area contributed by atoms with Gasteiger partial charge in [-0.05, 0) is 18.6 Å². The fourth-order valence-electron chi connectivity index (χ4n) is 1.04. The summed E-state index contributed by atoms with van der Waals surface area (Å²) in [5.41, 5.74) is -0.256. The number of nitrogens with zero attached hydrogens (tertiary/aromatic N) is 1. The molecule has 1 aromatic rings. The van der Waals surface area contributed by atoms with Crippen LogP contribution in [-0.2, 0) is 4.79 Å². The van der Waals surface area contributed by atoms with Gasteiger partial charge in [-0.3, -0.25) is 10.1 Å². The highest BCUT2D eigenvalue weighted by molar-refractivity contribution is 5.74. The zero-order valence-electron chi connectivity index (χ0n) is 8.52. The van der Waals surface area contributed by atoms with E-state index in [0.717, 1.165) is 12.1 Å². The minimum absolute atomic E-state index is 0.461. The Balaban J connectivity index is 3.15. The number of aliphatic carboxylic acids is 1. The third-order valence-electron chi connectivity index (χ3n) is 1.80. The van der Waals surface area contributed by atoms with E-state index in [1.807, 2.05) is 0 Å². The quantitative estimate of drug-likeness (QED) is 0.648. The summed E-state index contributed by atoms with van der Waals surface area (Å²) in [6, 6.07) is 3.22. The SMILES string of the molecule is Cc1ccc(OC(F)(F)C(=O)O)c([N+](=O)[O-])c1. The Morgan fingerprint density at radius 3 is 2.59 bits per heavy atom. The van der Waals surface area contributed by atoms with Crippen LogP contribution in [0, 0.1) is 17.0 Å². The van der Waals surface area contributed by atoms with Crippen molar-refractivity contribution in [3.63, 3.8) is 0 Å². The molecule has 0 atom stereocenters. The highest BCUT2D eigenvalue weighted by atomic mass is 19.3. The lowest BCUT2D eigenvalue weighted by Gasteiger charge is -2.13. The van der Waals surface area contributed by atoms with Crippen molar-refractivity contribution in [1.29, 1.82) is 0 Å². The third kappa shape index (κ3) is 2.86. The number of benzene rings is 1. The molecule has 1 rings (SSSR count). The van der Waals surface area contributed by atoms with Crippen molar-refractivity contribution >= 4 is 11.7 Å². The Kier molecular flexibility index (Phi) is 3.26. The molecule has 0 aromatic heterocycles. The van der Waals surface area contributed by atoms with Crippen molar-refractivity contribution in [2.45, 2.75) is 13.0 Å². The van der Waals surface area contributed by atoms with Gasteiger partial charge in [0.2, 0.25) is 5.75 Å². The van der Waals surface area contributed by atoms with Crippen LogP contribution in [0.1, 0.15) is 5.56 Å². The van der Waals surface area contributed by atoms with E-state index in [1.165, 1.54) is 13.0 Å². The number of carboxylic acids is 1. The third-order valence-corrected chi connectivity index (χ3v) is 1.80. The maximum Gasteiger partial charge on any atom is 0.502 e. The predicted molar refractivity (Wildman–Crippen MR) is 51.0 cm³/mol. The summed E-state index contributed by atoms with van der Waals surface area (Å²) >= 11 is 0. The van der Waals surface area contributed by atoms with Crippen molar-refractivity contribution in [1.82, 2.24) is 0 Å². The molecule has 8 heteroatoms. The first-order chi connectivity index (χ1) is 7.74. The first kappa shape index (κ1) is 12.8. The molecule has 0 saturated heterocycles. The summed E-state index contributed by atoms with van der Waals surface area (Å²) in [5, 5.41) is 18.7. The Labute approximate surface area is 93.6 Å². The van der Waals surface area contributed by atoms with Gasteiger partial charge in [0.05, 0.1) is 4.92 Å². The van der Waals surface area contributed by atoms with E-state index in [4.69, 9.17) is 5.11 Å². The van der Waals surface area contributed by atoms with Gasteiger partial charge in [-0.2, -0.15) is 8.78 Å². The average Bonchev–Trinajstić information content (AvgIpc) is 2.19. The van der Waals surface area contributed by atoms with Crippen LogP contribution in [0.5, 0.6) is 5.75 Å². The van der Waals surface area contributed by atoms with E-state index in [2.05, 4.69) is 4.74 Å². The molecule has 92 valence electrons. The summed E-state index contributed by atoms with van der Waals surface area (Å²) in [6.07, 6.45) is -4.51. The summed E-state index contributed by atoms with van der Waals surface area (Å²) < 4.78 is 29.3. The van der Waals surface area contributed by atoms with E-state index in [9.17, 15) is 23.7 Å². The number of halogens is 2. The molecule has 6 nitrogen and oxygen atoms in total. The minimum Gasteiger partial charge on any atom is -0.474 e. The van der Waals surface area contributed by atoms with Crippen LogP contribution in [0.25, 0.3) is 0 Å². The number of nitro groups is 1. The first-order valence-electron chi connectivity index (χ1n) is 4.29. The number of ether oxygens (including phenoxy) is 1. The maximum absolute atomic E-state index is 12.7. The second kappa shape index (κ2) is 4.32. The van der Waals surface area contributed by atoms with Crippen molar-refractivity contribution in [3.05, 3.63) is 33.9 Å². The van der Waals surface area contributed by atoms with E-state index < -0.39 is 28.4 Å². The number of alkyl halides is 2. The Morgan fingerprint density at radius 2 is 2.12 bits per heavy atom. The Hall–Kier alpha value is -2.25. The van der Waals surface area contributed by atoms with E-state index in [-0.39, 0.29) is 0 Å². The van der Waals surface area contributed by atoms with Crippen LogP contribution in [0.4, 0.5) is 14.5 Å². The largest absolute Gasteiger partial charge is 0.502 e. The summed E-state index contributed by atoms with van der Waals surface area (Å²) in [4.78, 5) is 19.8. The van der Waals surface area contributed by atoms with Crippen molar-refractivity contribution in [2.24, 2.45) is 0 Å². The lowest BCUT2D eigenvalue weighted by atomic mass is 10.2. The van der Waals surface area contributed by atoms with Gasteiger partial charge >= 0.3 is 17.8 Å². The van der Waals surface area contributed by atoms with Gasteiger partial charge in [0.15, 0.2) is 0 Å². The fourth-order valence-corrected chi connectivity index (χ4v) is 1.04. The Bertz CT molecular complexity index is 474.